The van der Waals surface area contributed by atoms with Gasteiger partial charge >= 0.3 is 5.97 Å². The molecule has 0 fully saturated rings. The number of nitrogens with zero attached hydrogens (tertiary/aromatic N) is 5. The standard InChI is InChI=1S/C34H19N5O2/c40-34(41)28-25(27-14-12-22-10-8-20-5-2-16-36-30(20)32(22)39-27)18-24(23-6-3-17-37-33(23)28)26-13-11-21-9-7-19-4-1-15-35-29(19)31(21)38-26/h1-18H,(H,40,41). The predicted octanol–water partition coefficient (Wildman–Crippen LogP) is 7.46. The summed E-state index contributed by atoms with van der Waals surface area (Å²) in [5, 5.41) is 15.0. The third kappa shape index (κ3) is 3.60. The van der Waals surface area contributed by atoms with Crippen molar-refractivity contribution in [1.82, 2.24) is 24.9 Å². The van der Waals surface area contributed by atoms with E-state index in [1.807, 2.05) is 84.9 Å². The number of aromatic carboxylic acids is 1. The van der Waals surface area contributed by atoms with E-state index in [1.165, 1.54) is 0 Å². The van der Waals surface area contributed by atoms with Gasteiger partial charge in [-0.15, -0.1) is 0 Å². The van der Waals surface area contributed by atoms with Gasteiger partial charge in [-0.1, -0.05) is 54.6 Å². The average molecular weight is 530 g/mol. The Morgan fingerprint density at radius 3 is 1.54 bits per heavy atom. The fraction of sp³-hybridized carbons (Fsp3) is 0. The van der Waals surface area contributed by atoms with Crippen LogP contribution in [0.5, 0.6) is 0 Å². The summed E-state index contributed by atoms with van der Waals surface area (Å²) in [5.74, 6) is -1.07. The van der Waals surface area contributed by atoms with Gasteiger partial charge in [-0.3, -0.25) is 15.0 Å². The molecule has 0 spiro atoms. The van der Waals surface area contributed by atoms with Gasteiger partial charge in [0.15, 0.2) is 0 Å². The summed E-state index contributed by atoms with van der Waals surface area (Å²) in [6.07, 6.45) is 5.11. The first-order chi connectivity index (χ1) is 20.2. The zero-order valence-corrected chi connectivity index (χ0v) is 21.5. The molecule has 41 heavy (non-hydrogen) atoms. The molecule has 8 aromatic rings. The molecule has 0 atom stereocenters. The van der Waals surface area contributed by atoms with Crippen molar-refractivity contribution in [3.05, 3.63) is 115 Å². The molecular formula is C34H19N5O2. The summed E-state index contributed by atoms with van der Waals surface area (Å²) in [6, 6.07) is 29.2. The van der Waals surface area contributed by atoms with E-state index < -0.39 is 5.97 Å². The summed E-state index contributed by atoms with van der Waals surface area (Å²) in [6.45, 7) is 0. The number of carbonyl (C=O) groups is 1. The van der Waals surface area contributed by atoms with Crippen LogP contribution in [0.25, 0.3) is 77.0 Å². The highest BCUT2D eigenvalue weighted by Gasteiger charge is 2.22. The molecule has 0 bridgehead atoms. The van der Waals surface area contributed by atoms with Crippen molar-refractivity contribution in [3.8, 4) is 22.5 Å². The number of hydrogen-bond acceptors (Lipinski definition) is 6. The largest absolute Gasteiger partial charge is 0.478 e. The molecule has 192 valence electrons. The molecule has 0 unspecified atom stereocenters. The average Bonchev–Trinajstić information content (AvgIpc) is 3.03. The quantitative estimate of drug-likeness (QED) is 0.237. The highest BCUT2D eigenvalue weighted by Crippen LogP contribution is 2.38. The van der Waals surface area contributed by atoms with E-state index in [-0.39, 0.29) is 5.56 Å². The molecule has 0 aliphatic heterocycles. The molecule has 7 heteroatoms. The van der Waals surface area contributed by atoms with Crippen molar-refractivity contribution in [2.45, 2.75) is 0 Å². The Labute approximate surface area is 232 Å². The van der Waals surface area contributed by atoms with Crippen LogP contribution in [-0.2, 0) is 0 Å². The van der Waals surface area contributed by atoms with Crippen LogP contribution >= 0.6 is 0 Å². The monoisotopic (exact) mass is 529 g/mol. The molecule has 3 aromatic carbocycles. The molecule has 0 aliphatic carbocycles. The van der Waals surface area contributed by atoms with E-state index in [0.717, 1.165) is 43.7 Å². The first-order valence-corrected chi connectivity index (χ1v) is 13.1. The van der Waals surface area contributed by atoms with Gasteiger partial charge in [0.05, 0.1) is 44.5 Å². The molecule has 8 rings (SSSR count). The van der Waals surface area contributed by atoms with Gasteiger partial charge < -0.3 is 5.11 Å². The van der Waals surface area contributed by atoms with E-state index in [9.17, 15) is 9.90 Å². The Morgan fingerprint density at radius 2 is 0.976 bits per heavy atom. The number of pyridine rings is 5. The number of hydrogen-bond donors (Lipinski definition) is 1. The van der Waals surface area contributed by atoms with Crippen molar-refractivity contribution < 1.29 is 9.90 Å². The van der Waals surface area contributed by atoms with Gasteiger partial charge in [-0.25, -0.2) is 14.8 Å². The van der Waals surface area contributed by atoms with Crippen LogP contribution in [-0.4, -0.2) is 36.0 Å². The van der Waals surface area contributed by atoms with Crippen molar-refractivity contribution in [2.24, 2.45) is 0 Å². The number of carboxylic acids is 1. The lowest BCUT2D eigenvalue weighted by Gasteiger charge is -2.15. The molecule has 5 aromatic heterocycles. The first kappa shape index (κ1) is 23.1. The minimum Gasteiger partial charge on any atom is -0.478 e. The van der Waals surface area contributed by atoms with Crippen LogP contribution in [0, 0.1) is 0 Å². The summed E-state index contributed by atoms with van der Waals surface area (Å²) in [7, 11) is 0. The molecular weight excluding hydrogens is 510 g/mol. The number of carboxylic acid groups (broad SMARTS) is 1. The Bertz CT molecular complexity index is 2370. The molecule has 0 amide bonds. The zero-order chi connectivity index (χ0) is 27.5. The summed E-state index contributed by atoms with van der Waals surface area (Å²) in [5.41, 5.74) is 5.98. The van der Waals surface area contributed by atoms with Crippen LogP contribution in [0.15, 0.2) is 110 Å². The molecule has 0 saturated carbocycles. The summed E-state index contributed by atoms with van der Waals surface area (Å²) >= 11 is 0. The number of fused-ring (bicyclic) bond motifs is 7. The van der Waals surface area contributed by atoms with Crippen LogP contribution in [0.3, 0.4) is 0 Å². The van der Waals surface area contributed by atoms with Gasteiger partial charge in [0.1, 0.15) is 0 Å². The van der Waals surface area contributed by atoms with Crippen molar-refractivity contribution >= 4 is 60.5 Å². The summed E-state index contributed by atoms with van der Waals surface area (Å²) in [4.78, 5) is 36.5. The lowest BCUT2D eigenvalue weighted by atomic mass is 9.93. The highest BCUT2D eigenvalue weighted by atomic mass is 16.4. The molecule has 7 nitrogen and oxygen atoms in total. The Morgan fingerprint density at radius 1 is 0.512 bits per heavy atom. The van der Waals surface area contributed by atoms with Gasteiger partial charge in [0, 0.05) is 56.6 Å². The normalized spacial score (nSPS) is 11.6. The third-order valence-electron chi connectivity index (χ3n) is 7.52. The fourth-order valence-corrected chi connectivity index (χ4v) is 5.62. The van der Waals surface area contributed by atoms with E-state index >= 15 is 0 Å². The maximum absolute atomic E-state index is 12.8. The Hall–Kier alpha value is -5.82. The smallest absolute Gasteiger partial charge is 0.338 e. The fourth-order valence-electron chi connectivity index (χ4n) is 5.62. The van der Waals surface area contributed by atoms with Crippen LogP contribution < -0.4 is 0 Å². The lowest BCUT2D eigenvalue weighted by molar-refractivity contribution is 0.0699. The van der Waals surface area contributed by atoms with E-state index in [1.54, 1.807) is 24.7 Å². The lowest BCUT2D eigenvalue weighted by Crippen LogP contribution is -2.05. The van der Waals surface area contributed by atoms with E-state index in [0.29, 0.717) is 33.4 Å². The van der Waals surface area contributed by atoms with Crippen LogP contribution in [0.1, 0.15) is 10.4 Å². The second-order valence-corrected chi connectivity index (χ2v) is 9.87. The molecule has 0 saturated heterocycles. The van der Waals surface area contributed by atoms with Crippen molar-refractivity contribution in [2.75, 3.05) is 0 Å². The maximum Gasteiger partial charge on any atom is 0.338 e. The van der Waals surface area contributed by atoms with E-state index in [4.69, 9.17) is 9.97 Å². The Balaban J connectivity index is 1.45. The predicted molar refractivity (Wildman–Crippen MR) is 161 cm³/mol. The first-order valence-electron chi connectivity index (χ1n) is 13.1. The molecule has 0 radical (unpaired) electrons. The van der Waals surface area contributed by atoms with Crippen molar-refractivity contribution in [1.29, 1.82) is 0 Å². The zero-order valence-electron chi connectivity index (χ0n) is 21.5. The van der Waals surface area contributed by atoms with Crippen molar-refractivity contribution in [3.63, 3.8) is 0 Å². The number of rotatable bonds is 3. The number of aromatic nitrogens is 5. The summed E-state index contributed by atoms with van der Waals surface area (Å²) < 4.78 is 0. The molecule has 0 aliphatic rings. The van der Waals surface area contributed by atoms with Gasteiger partial charge in [0.25, 0.3) is 0 Å². The van der Waals surface area contributed by atoms with Crippen LogP contribution in [0.4, 0.5) is 0 Å². The molecule has 1 N–H and O–H groups in total. The topological polar surface area (TPSA) is 102 Å². The number of benzene rings is 3. The minimum absolute atomic E-state index is 0.0947. The second kappa shape index (κ2) is 8.86. The minimum atomic E-state index is -1.07. The van der Waals surface area contributed by atoms with E-state index in [2.05, 4.69) is 15.0 Å². The second-order valence-electron chi connectivity index (χ2n) is 9.87. The third-order valence-corrected chi connectivity index (χ3v) is 7.52. The van der Waals surface area contributed by atoms with Gasteiger partial charge in [-0.05, 0) is 36.4 Å². The SMILES string of the molecule is O=C(O)c1c(-c2ccc3ccc4cccnc4c3n2)cc(-c2ccc3ccc4cccnc4c3n2)c2cccnc12. The maximum atomic E-state index is 12.8. The highest BCUT2D eigenvalue weighted by molar-refractivity contribution is 6.13. The van der Waals surface area contributed by atoms with Crippen LogP contribution in [0.2, 0.25) is 0 Å². The molecule has 5 heterocycles. The Kier molecular flexibility index (Phi) is 4.99. The van der Waals surface area contributed by atoms with Gasteiger partial charge in [-0.2, -0.15) is 0 Å². The van der Waals surface area contributed by atoms with Gasteiger partial charge in [0.2, 0.25) is 0 Å².